The van der Waals surface area contributed by atoms with Crippen LogP contribution in [-0.4, -0.2) is 98.7 Å². The Morgan fingerprint density at radius 1 is 0.912 bits per heavy atom. The van der Waals surface area contributed by atoms with Gasteiger partial charge in [-0.15, -0.1) is 0 Å². The molecule has 34 heavy (non-hydrogen) atoms. The van der Waals surface area contributed by atoms with Gasteiger partial charge in [0.15, 0.2) is 12.4 Å². The number of hydrogen-bond donors (Lipinski definition) is 6. The molecule has 0 saturated carbocycles. The Kier molecular flexibility index (Phi) is 7.24. The number of hydrogen-bond acceptors (Lipinski definition) is 12. The van der Waals surface area contributed by atoms with Crippen LogP contribution in [0.5, 0.6) is 5.75 Å². The molecule has 0 spiro atoms. The summed E-state index contributed by atoms with van der Waals surface area (Å²) in [6, 6.07) is 6.01. The monoisotopic (exact) mass is 484 g/mol. The van der Waals surface area contributed by atoms with Gasteiger partial charge in [0.05, 0.1) is 12.7 Å². The average molecular weight is 484 g/mol. The lowest BCUT2D eigenvalue weighted by Gasteiger charge is -2.45. The molecule has 4 rings (SSSR count). The molecule has 0 aliphatic carbocycles. The van der Waals surface area contributed by atoms with Crippen LogP contribution in [0, 0.1) is 6.92 Å². The zero-order chi connectivity index (χ0) is 24.7. The van der Waals surface area contributed by atoms with Crippen molar-refractivity contribution in [3.8, 4) is 5.75 Å². The summed E-state index contributed by atoms with van der Waals surface area (Å²) in [4.78, 5) is 11.7. The Morgan fingerprint density at radius 2 is 1.65 bits per heavy atom. The minimum absolute atomic E-state index is 0.161. The number of aliphatic hydroxyl groups is 6. The minimum Gasteiger partial charge on any atom is -0.462 e. The molecule has 1 aromatic heterocycles. The fraction of sp³-hybridized carbons (Fsp3) is 0.591. The van der Waals surface area contributed by atoms with Gasteiger partial charge in [0, 0.05) is 17.5 Å². The van der Waals surface area contributed by atoms with E-state index < -0.39 is 73.6 Å². The van der Waals surface area contributed by atoms with E-state index in [4.69, 9.17) is 23.4 Å². The summed E-state index contributed by atoms with van der Waals surface area (Å²) in [5.41, 5.74) is 0.395. The fourth-order valence-corrected chi connectivity index (χ4v) is 4.09. The van der Waals surface area contributed by atoms with Crippen molar-refractivity contribution in [2.24, 2.45) is 0 Å². The minimum atomic E-state index is -1.68. The fourth-order valence-electron chi connectivity index (χ4n) is 4.09. The predicted octanol–water partition coefficient (Wildman–Crippen LogP) is -1.87. The zero-order valence-corrected chi connectivity index (χ0v) is 18.4. The zero-order valence-electron chi connectivity index (χ0n) is 18.4. The topological polar surface area (TPSA) is 189 Å². The van der Waals surface area contributed by atoms with Crippen molar-refractivity contribution in [1.82, 2.24) is 0 Å². The molecule has 3 heterocycles. The lowest BCUT2D eigenvalue weighted by atomic mass is 9.97. The van der Waals surface area contributed by atoms with E-state index in [1.54, 1.807) is 19.1 Å². The van der Waals surface area contributed by atoms with E-state index in [2.05, 4.69) is 0 Å². The van der Waals surface area contributed by atoms with Gasteiger partial charge in [-0.25, -0.2) is 4.79 Å². The van der Waals surface area contributed by atoms with Crippen molar-refractivity contribution in [2.75, 3.05) is 6.61 Å². The summed E-state index contributed by atoms with van der Waals surface area (Å²) in [5, 5.41) is 61.4. The number of ether oxygens (including phenoxy) is 4. The Labute approximate surface area is 193 Å². The first-order chi connectivity index (χ1) is 16.1. The van der Waals surface area contributed by atoms with E-state index in [0.29, 0.717) is 10.9 Å². The first-order valence-corrected chi connectivity index (χ1v) is 10.8. The first-order valence-electron chi connectivity index (χ1n) is 10.8. The molecule has 6 N–H and O–H groups in total. The summed E-state index contributed by atoms with van der Waals surface area (Å²) in [7, 11) is 0. The molecule has 2 aliphatic rings. The number of fused-ring (bicyclic) bond motifs is 1. The van der Waals surface area contributed by atoms with Crippen LogP contribution < -0.4 is 10.4 Å². The predicted molar refractivity (Wildman–Crippen MR) is 113 cm³/mol. The summed E-state index contributed by atoms with van der Waals surface area (Å²) in [6.45, 7) is 2.57. The van der Waals surface area contributed by atoms with Crippen molar-refractivity contribution in [1.29, 1.82) is 0 Å². The van der Waals surface area contributed by atoms with Crippen molar-refractivity contribution in [2.45, 2.75) is 75.3 Å². The van der Waals surface area contributed by atoms with Crippen LogP contribution in [0.2, 0.25) is 0 Å². The van der Waals surface area contributed by atoms with Crippen LogP contribution >= 0.6 is 0 Å². The third-order valence-electron chi connectivity index (χ3n) is 6.10. The Bertz CT molecular complexity index is 1060. The maximum absolute atomic E-state index is 11.7. The number of benzene rings is 1. The van der Waals surface area contributed by atoms with Crippen LogP contribution in [0.25, 0.3) is 11.0 Å². The molecule has 0 amide bonds. The highest BCUT2D eigenvalue weighted by Crippen LogP contribution is 2.31. The van der Waals surface area contributed by atoms with Gasteiger partial charge in [0.2, 0.25) is 6.29 Å². The standard InChI is InChI=1S/C22H28O12/c1-8-5-14(24)32-12-6-10(3-4-11(8)12)31-22-20(18(28)16(26)13(7-23)33-22)34-21-19(29)17(27)15(25)9(2)30-21/h3-6,9,13,15-23,25-29H,7H2,1-2H3/t9-,13+,15+,16-,17+,18-,19-,20+,21-,22+/m0/s1. The quantitative estimate of drug-likeness (QED) is 0.260. The Hall–Kier alpha value is -2.13. The van der Waals surface area contributed by atoms with Crippen LogP contribution in [0.4, 0.5) is 0 Å². The molecule has 12 heteroatoms. The van der Waals surface area contributed by atoms with E-state index in [9.17, 15) is 35.4 Å². The lowest BCUT2D eigenvalue weighted by molar-refractivity contribution is -0.354. The van der Waals surface area contributed by atoms with Crippen LogP contribution in [-0.2, 0) is 14.2 Å². The molecule has 2 aromatic rings. The summed E-state index contributed by atoms with van der Waals surface area (Å²) in [5.74, 6) is 0.161. The molecule has 2 aliphatic heterocycles. The molecule has 0 unspecified atom stereocenters. The van der Waals surface area contributed by atoms with E-state index in [-0.39, 0.29) is 11.3 Å². The van der Waals surface area contributed by atoms with E-state index >= 15 is 0 Å². The second kappa shape index (κ2) is 9.85. The normalized spacial score (nSPS) is 38.7. The van der Waals surface area contributed by atoms with Gasteiger partial charge in [-0.1, -0.05) is 0 Å². The largest absolute Gasteiger partial charge is 0.462 e. The molecule has 2 saturated heterocycles. The van der Waals surface area contributed by atoms with Gasteiger partial charge in [-0.05, 0) is 31.5 Å². The Balaban J connectivity index is 1.61. The van der Waals surface area contributed by atoms with Gasteiger partial charge < -0.3 is 54.0 Å². The summed E-state index contributed by atoms with van der Waals surface area (Å²) >= 11 is 0. The third kappa shape index (κ3) is 4.69. The third-order valence-corrected chi connectivity index (χ3v) is 6.10. The second-order valence-corrected chi connectivity index (χ2v) is 8.51. The van der Waals surface area contributed by atoms with Gasteiger partial charge in [0.25, 0.3) is 0 Å². The highest BCUT2D eigenvalue weighted by atomic mass is 16.8. The molecule has 1 aromatic carbocycles. The van der Waals surface area contributed by atoms with Crippen LogP contribution in [0.1, 0.15) is 12.5 Å². The molecule has 12 nitrogen and oxygen atoms in total. The van der Waals surface area contributed by atoms with E-state index in [1.165, 1.54) is 19.1 Å². The van der Waals surface area contributed by atoms with Crippen molar-refractivity contribution >= 4 is 11.0 Å². The molecular weight excluding hydrogens is 456 g/mol. The molecule has 0 radical (unpaired) electrons. The second-order valence-electron chi connectivity index (χ2n) is 8.51. The maximum Gasteiger partial charge on any atom is 0.336 e. The van der Waals surface area contributed by atoms with Gasteiger partial charge in [-0.2, -0.15) is 0 Å². The first kappa shape index (κ1) is 25.0. The number of rotatable bonds is 5. The molecular formula is C22H28O12. The number of aliphatic hydroxyl groups excluding tert-OH is 6. The number of aryl methyl sites for hydroxylation is 1. The highest BCUT2D eigenvalue weighted by Gasteiger charge is 2.50. The van der Waals surface area contributed by atoms with Crippen LogP contribution in [0.15, 0.2) is 33.5 Å². The van der Waals surface area contributed by atoms with Crippen LogP contribution in [0.3, 0.4) is 0 Å². The van der Waals surface area contributed by atoms with Gasteiger partial charge in [0.1, 0.15) is 48.0 Å². The van der Waals surface area contributed by atoms with E-state index in [1.807, 2.05) is 0 Å². The molecule has 10 atom stereocenters. The van der Waals surface area contributed by atoms with Crippen molar-refractivity contribution < 1.29 is 54.0 Å². The molecule has 188 valence electrons. The SMILES string of the molecule is Cc1cc(=O)oc2cc(O[C@@H]3O[C@H](CO)[C@H](O)[C@H](O)[C@H]3O[C@@H]3O[C@@H](C)[C@@H](O)[C@@H](O)[C@@H]3O)ccc12. The Morgan fingerprint density at radius 3 is 2.35 bits per heavy atom. The summed E-state index contributed by atoms with van der Waals surface area (Å²) < 4.78 is 27.7. The van der Waals surface area contributed by atoms with Gasteiger partial charge >= 0.3 is 5.63 Å². The highest BCUT2D eigenvalue weighted by molar-refractivity contribution is 5.81. The lowest BCUT2D eigenvalue weighted by Crippen LogP contribution is -2.64. The average Bonchev–Trinajstić information content (AvgIpc) is 2.80. The summed E-state index contributed by atoms with van der Waals surface area (Å²) in [6.07, 6.45) is -14.3. The molecule has 2 fully saturated rings. The van der Waals surface area contributed by atoms with Crippen molar-refractivity contribution in [3.05, 3.63) is 40.2 Å². The maximum atomic E-state index is 11.7. The van der Waals surface area contributed by atoms with Gasteiger partial charge in [-0.3, -0.25) is 0 Å². The van der Waals surface area contributed by atoms with Crippen molar-refractivity contribution in [3.63, 3.8) is 0 Å². The molecule has 0 bridgehead atoms. The smallest absolute Gasteiger partial charge is 0.336 e. The van der Waals surface area contributed by atoms with E-state index in [0.717, 1.165) is 0 Å².